The van der Waals surface area contributed by atoms with Crippen molar-refractivity contribution >= 4 is 39.1 Å². The SMILES string of the molecule is CCc1cc(-n2cnc3cc(-c4ccc(Cl)cc4)sc3c2=O)ccc1OCCNC(C)=O. The molecule has 0 fully saturated rings. The number of thiophene rings is 1. The number of aryl methyl sites for hydroxylation is 1. The average molecular weight is 468 g/mol. The molecule has 0 aliphatic carbocycles. The molecule has 0 unspecified atom stereocenters. The quantitative estimate of drug-likeness (QED) is 0.394. The van der Waals surface area contributed by atoms with Gasteiger partial charge in [-0.1, -0.05) is 30.7 Å². The van der Waals surface area contributed by atoms with E-state index in [0.29, 0.717) is 28.4 Å². The van der Waals surface area contributed by atoms with Crippen LogP contribution in [0.1, 0.15) is 19.4 Å². The molecule has 1 N–H and O–H groups in total. The molecule has 0 aliphatic rings. The van der Waals surface area contributed by atoms with Gasteiger partial charge in [-0.25, -0.2) is 4.98 Å². The lowest BCUT2D eigenvalue weighted by molar-refractivity contribution is -0.119. The predicted octanol–water partition coefficient (Wildman–Crippen LogP) is 4.84. The number of carbonyl (C=O) groups is 1. The maximum atomic E-state index is 13.2. The van der Waals surface area contributed by atoms with Crippen LogP contribution in [0.5, 0.6) is 5.75 Å². The van der Waals surface area contributed by atoms with Crippen LogP contribution in [0.2, 0.25) is 5.02 Å². The highest BCUT2D eigenvalue weighted by Crippen LogP contribution is 2.32. The van der Waals surface area contributed by atoms with E-state index in [2.05, 4.69) is 10.3 Å². The number of amides is 1. The van der Waals surface area contributed by atoms with Crippen molar-refractivity contribution in [3.05, 3.63) is 75.8 Å². The van der Waals surface area contributed by atoms with Crippen molar-refractivity contribution in [2.75, 3.05) is 13.2 Å². The first-order chi connectivity index (χ1) is 15.5. The number of carbonyl (C=O) groups excluding carboxylic acids is 1. The Hall–Kier alpha value is -3.16. The van der Waals surface area contributed by atoms with E-state index in [-0.39, 0.29) is 11.5 Å². The van der Waals surface area contributed by atoms with Gasteiger partial charge in [0.05, 0.1) is 17.7 Å². The van der Waals surface area contributed by atoms with Gasteiger partial charge in [-0.2, -0.15) is 0 Å². The highest BCUT2D eigenvalue weighted by molar-refractivity contribution is 7.22. The lowest BCUT2D eigenvalue weighted by atomic mass is 10.1. The Morgan fingerprint density at radius 2 is 1.97 bits per heavy atom. The van der Waals surface area contributed by atoms with Gasteiger partial charge in [0.25, 0.3) is 5.56 Å². The molecule has 0 bridgehead atoms. The second-order valence-electron chi connectivity index (χ2n) is 7.23. The molecule has 8 heteroatoms. The molecule has 0 saturated heterocycles. The fourth-order valence-corrected chi connectivity index (χ4v) is 4.55. The molecule has 0 radical (unpaired) electrons. The van der Waals surface area contributed by atoms with E-state index >= 15 is 0 Å². The first-order valence-electron chi connectivity index (χ1n) is 10.2. The normalized spacial score (nSPS) is 11.0. The second-order valence-corrected chi connectivity index (χ2v) is 8.72. The van der Waals surface area contributed by atoms with Gasteiger partial charge in [0.1, 0.15) is 23.4 Å². The van der Waals surface area contributed by atoms with Gasteiger partial charge < -0.3 is 10.1 Å². The smallest absolute Gasteiger partial charge is 0.275 e. The molecular weight excluding hydrogens is 446 g/mol. The first kappa shape index (κ1) is 22.0. The Kier molecular flexibility index (Phi) is 6.58. The molecule has 2 heterocycles. The van der Waals surface area contributed by atoms with Gasteiger partial charge in [0.2, 0.25) is 5.91 Å². The van der Waals surface area contributed by atoms with Crippen molar-refractivity contribution in [1.82, 2.24) is 14.9 Å². The Balaban J connectivity index is 1.64. The van der Waals surface area contributed by atoms with E-state index in [1.54, 1.807) is 10.9 Å². The van der Waals surface area contributed by atoms with Crippen LogP contribution in [0.3, 0.4) is 0 Å². The molecule has 2 aromatic heterocycles. The third-order valence-electron chi connectivity index (χ3n) is 5.00. The topological polar surface area (TPSA) is 73.2 Å². The van der Waals surface area contributed by atoms with E-state index < -0.39 is 0 Å². The van der Waals surface area contributed by atoms with Crippen molar-refractivity contribution in [2.45, 2.75) is 20.3 Å². The fourth-order valence-electron chi connectivity index (χ4n) is 3.37. The maximum Gasteiger partial charge on any atom is 0.275 e. The van der Waals surface area contributed by atoms with E-state index in [4.69, 9.17) is 16.3 Å². The van der Waals surface area contributed by atoms with Crippen molar-refractivity contribution in [2.24, 2.45) is 0 Å². The van der Waals surface area contributed by atoms with E-state index in [9.17, 15) is 9.59 Å². The first-order valence-corrected chi connectivity index (χ1v) is 11.4. The average Bonchev–Trinajstić information content (AvgIpc) is 3.23. The molecule has 32 heavy (non-hydrogen) atoms. The molecule has 0 spiro atoms. The molecule has 1 amide bonds. The standard InChI is InChI=1S/C24H22ClN3O3S/c1-3-16-12-19(8-9-21(16)31-11-10-26-15(2)29)28-14-27-20-13-22(32-23(20)24(28)30)17-4-6-18(25)7-5-17/h4-9,12-14H,3,10-11H2,1-2H3,(H,26,29). The molecule has 4 rings (SSSR count). The summed E-state index contributed by atoms with van der Waals surface area (Å²) in [6.45, 7) is 4.32. The van der Waals surface area contributed by atoms with Crippen LogP contribution >= 0.6 is 22.9 Å². The summed E-state index contributed by atoms with van der Waals surface area (Å²) in [7, 11) is 0. The van der Waals surface area contributed by atoms with E-state index in [1.165, 1.54) is 18.3 Å². The monoisotopic (exact) mass is 467 g/mol. The van der Waals surface area contributed by atoms with E-state index in [0.717, 1.165) is 33.9 Å². The van der Waals surface area contributed by atoms with Crippen LogP contribution in [0.4, 0.5) is 0 Å². The third kappa shape index (κ3) is 4.69. The Morgan fingerprint density at radius 3 is 2.69 bits per heavy atom. The Labute approximate surface area is 194 Å². The lowest BCUT2D eigenvalue weighted by Gasteiger charge is -2.13. The number of nitrogens with one attached hydrogen (secondary N) is 1. The highest BCUT2D eigenvalue weighted by atomic mass is 35.5. The zero-order valence-corrected chi connectivity index (χ0v) is 19.3. The number of nitrogens with zero attached hydrogens (tertiary/aromatic N) is 2. The summed E-state index contributed by atoms with van der Waals surface area (Å²) in [5.74, 6) is 0.652. The van der Waals surface area contributed by atoms with Gasteiger partial charge in [-0.3, -0.25) is 14.2 Å². The fraction of sp³-hybridized carbons (Fsp3) is 0.208. The van der Waals surface area contributed by atoms with Crippen LogP contribution in [0.25, 0.3) is 26.3 Å². The Bertz CT molecular complexity index is 1330. The number of hydrogen-bond donors (Lipinski definition) is 1. The minimum Gasteiger partial charge on any atom is -0.491 e. The summed E-state index contributed by atoms with van der Waals surface area (Å²) in [5, 5.41) is 3.38. The molecule has 164 valence electrons. The lowest BCUT2D eigenvalue weighted by Crippen LogP contribution is -2.25. The zero-order valence-electron chi connectivity index (χ0n) is 17.7. The number of fused-ring (bicyclic) bond motifs is 1. The zero-order chi connectivity index (χ0) is 22.7. The van der Waals surface area contributed by atoms with Gasteiger partial charge in [-0.05, 0) is 53.9 Å². The van der Waals surface area contributed by atoms with Gasteiger partial charge in [-0.15, -0.1) is 11.3 Å². The van der Waals surface area contributed by atoms with Gasteiger partial charge in [0, 0.05) is 16.8 Å². The maximum absolute atomic E-state index is 13.2. The van der Waals surface area contributed by atoms with Gasteiger partial charge in [0.15, 0.2) is 0 Å². The minimum atomic E-state index is -0.110. The van der Waals surface area contributed by atoms with Crippen molar-refractivity contribution in [3.8, 4) is 21.9 Å². The van der Waals surface area contributed by atoms with Crippen LogP contribution in [-0.4, -0.2) is 28.6 Å². The van der Waals surface area contributed by atoms with Crippen molar-refractivity contribution in [3.63, 3.8) is 0 Å². The number of halogens is 1. The largest absolute Gasteiger partial charge is 0.491 e. The third-order valence-corrected chi connectivity index (χ3v) is 6.42. The summed E-state index contributed by atoms with van der Waals surface area (Å²) >= 11 is 7.41. The van der Waals surface area contributed by atoms with Crippen molar-refractivity contribution < 1.29 is 9.53 Å². The predicted molar refractivity (Wildman–Crippen MR) is 129 cm³/mol. The molecule has 2 aromatic carbocycles. The number of benzene rings is 2. The molecular formula is C24H22ClN3O3S. The second kappa shape index (κ2) is 9.54. The molecule has 0 atom stereocenters. The number of aromatic nitrogens is 2. The number of ether oxygens (including phenoxy) is 1. The summed E-state index contributed by atoms with van der Waals surface area (Å²) in [6.07, 6.45) is 2.31. The number of hydrogen-bond acceptors (Lipinski definition) is 5. The van der Waals surface area contributed by atoms with Gasteiger partial charge >= 0.3 is 0 Å². The summed E-state index contributed by atoms with van der Waals surface area (Å²) in [5.41, 5.74) is 3.27. The highest BCUT2D eigenvalue weighted by Gasteiger charge is 2.13. The molecule has 4 aromatic rings. The summed E-state index contributed by atoms with van der Waals surface area (Å²) < 4.78 is 7.97. The van der Waals surface area contributed by atoms with Crippen LogP contribution < -0.4 is 15.6 Å². The molecule has 6 nitrogen and oxygen atoms in total. The van der Waals surface area contributed by atoms with Crippen molar-refractivity contribution in [1.29, 1.82) is 0 Å². The number of rotatable bonds is 7. The van der Waals surface area contributed by atoms with E-state index in [1.807, 2.05) is 55.5 Å². The van der Waals surface area contributed by atoms with Crippen LogP contribution in [-0.2, 0) is 11.2 Å². The Morgan fingerprint density at radius 1 is 1.19 bits per heavy atom. The van der Waals surface area contributed by atoms with Crippen LogP contribution in [0.15, 0.2) is 59.7 Å². The summed E-state index contributed by atoms with van der Waals surface area (Å²) in [4.78, 5) is 29.7. The minimum absolute atomic E-state index is 0.0882. The molecule has 0 saturated carbocycles. The molecule has 0 aliphatic heterocycles. The van der Waals surface area contributed by atoms with Crippen LogP contribution in [0, 0.1) is 0 Å². The summed E-state index contributed by atoms with van der Waals surface area (Å²) in [6, 6.07) is 15.1.